The third-order valence-corrected chi connectivity index (χ3v) is 3.04. The standard InChI is InChI=1S/C14H10ClF2NO2/c1-7-4-8(16)2-3-12(7)18-13-6-11(17)10(15)5-9(13)14(19)20/h2-6,18H,1H3,(H,19,20). The predicted octanol–water partition coefficient (Wildman–Crippen LogP) is 4.37. The Labute approximate surface area is 118 Å². The molecule has 0 unspecified atom stereocenters. The van der Waals surface area contributed by atoms with Crippen LogP contribution in [0.2, 0.25) is 5.02 Å². The average molecular weight is 298 g/mol. The average Bonchev–Trinajstić information content (AvgIpc) is 2.36. The van der Waals surface area contributed by atoms with Crippen molar-refractivity contribution in [2.45, 2.75) is 6.92 Å². The molecule has 0 aliphatic heterocycles. The maximum absolute atomic E-state index is 13.5. The van der Waals surface area contributed by atoms with E-state index in [1.165, 1.54) is 18.2 Å². The molecule has 2 rings (SSSR count). The summed E-state index contributed by atoms with van der Waals surface area (Å²) >= 11 is 5.57. The summed E-state index contributed by atoms with van der Waals surface area (Å²) in [4.78, 5) is 11.1. The summed E-state index contributed by atoms with van der Waals surface area (Å²) in [5.74, 6) is -2.39. The number of aryl methyl sites for hydroxylation is 1. The molecule has 0 spiro atoms. The van der Waals surface area contributed by atoms with Gasteiger partial charge in [0.15, 0.2) is 0 Å². The van der Waals surface area contributed by atoms with Crippen LogP contribution in [0.5, 0.6) is 0 Å². The number of nitrogens with one attached hydrogen (secondary N) is 1. The zero-order valence-electron chi connectivity index (χ0n) is 10.4. The summed E-state index contributed by atoms with van der Waals surface area (Å²) < 4.78 is 26.5. The van der Waals surface area contributed by atoms with E-state index in [0.29, 0.717) is 11.3 Å². The van der Waals surface area contributed by atoms with Crippen LogP contribution in [0, 0.1) is 18.6 Å². The van der Waals surface area contributed by atoms with Crippen LogP contribution in [-0.4, -0.2) is 11.1 Å². The highest BCUT2D eigenvalue weighted by atomic mass is 35.5. The molecule has 0 saturated heterocycles. The number of halogens is 3. The molecule has 6 heteroatoms. The minimum absolute atomic E-state index is 0.0501. The first kappa shape index (κ1) is 14.3. The van der Waals surface area contributed by atoms with Gasteiger partial charge in [-0.2, -0.15) is 0 Å². The molecule has 0 aliphatic carbocycles. The molecule has 0 heterocycles. The molecule has 20 heavy (non-hydrogen) atoms. The van der Waals surface area contributed by atoms with Crippen molar-refractivity contribution in [2.75, 3.05) is 5.32 Å². The molecule has 2 aromatic carbocycles. The van der Waals surface area contributed by atoms with Crippen molar-refractivity contribution in [1.29, 1.82) is 0 Å². The van der Waals surface area contributed by atoms with E-state index in [1.54, 1.807) is 6.92 Å². The van der Waals surface area contributed by atoms with Crippen molar-refractivity contribution in [3.8, 4) is 0 Å². The maximum atomic E-state index is 13.5. The Kier molecular flexibility index (Phi) is 3.90. The Balaban J connectivity index is 2.47. The number of carbonyl (C=O) groups is 1. The Hall–Kier alpha value is -2.14. The normalized spacial score (nSPS) is 10.4. The van der Waals surface area contributed by atoms with Crippen LogP contribution >= 0.6 is 11.6 Å². The monoisotopic (exact) mass is 297 g/mol. The van der Waals surface area contributed by atoms with E-state index in [2.05, 4.69) is 5.32 Å². The first-order valence-corrected chi connectivity index (χ1v) is 6.02. The fourth-order valence-electron chi connectivity index (χ4n) is 1.74. The lowest BCUT2D eigenvalue weighted by Crippen LogP contribution is -2.04. The lowest BCUT2D eigenvalue weighted by atomic mass is 10.1. The molecule has 2 N–H and O–H groups in total. The Morgan fingerprint density at radius 2 is 1.90 bits per heavy atom. The van der Waals surface area contributed by atoms with Crippen molar-refractivity contribution in [2.24, 2.45) is 0 Å². The second kappa shape index (κ2) is 5.46. The molecule has 3 nitrogen and oxygen atoms in total. The van der Waals surface area contributed by atoms with Gasteiger partial charge in [0.05, 0.1) is 16.3 Å². The smallest absolute Gasteiger partial charge is 0.337 e. The molecule has 0 aromatic heterocycles. The van der Waals surface area contributed by atoms with Gasteiger partial charge in [-0.05, 0) is 42.8 Å². The van der Waals surface area contributed by atoms with E-state index in [9.17, 15) is 13.6 Å². The van der Waals surface area contributed by atoms with Crippen LogP contribution in [0.1, 0.15) is 15.9 Å². The number of carboxylic acids is 1. The molecular weight excluding hydrogens is 288 g/mol. The number of hydrogen-bond acceptors (Lipinski definition) is 2. The third-order valence-electron chi connectivity index (χ3n) is 2.75. The highest BCUT2D eigenvalue weighted by Gasteiger charge is 2.15. The fraction of sp³-hybridized carbons (Fsp3) is 0.0714. The zero-order valence-corrected chi connectivity index (χ0v) is 11.1. The van der Waals surface area contributed by atoms with Crippen LogP contribution < -0.4 is 5.32 Å². The maximum Gasteiger partial charge on any atom is 0.337 e. The van der Waals surface area contributed by atoms with Crippen LogP contribution in [0.15, 0.2) is 30.3 Å². The lowest BCUT2D eigenvalue weighted by Gasteiger charge is -2.12. The van der Waals surface area contributed by atoms with E-state index in [0.717, 1.165) is 12.1 Å². The summed E-state index contributed by atoms with van der Waals surface area (Å²) in [5, 5.41) is 11.6. The number of aromatic carboxylic acids is 1. The van der Waals surface area contributed by atoms with Crippen molar-refractivity contribution >= 4 is 28.9 Å². The quantitative estimate of drug-likeness (QED) is 0.884. The summed E-state index contributed by atoms with van der Waals surface area (Å²) in [5.41, 5.74) is 0.932. The number of carboxylic acid groups (broad SMARTS) is 1. The second-order valence-electron chi connectivity index (χ2n) is 4.20. The fourth-order valence-corrected chi connectivity index (χ4v) is 1.90. The van der Waals surface area contributed by atoms with Gasteiger partial charge in [0.1, 0.15) is 11.6 Å². The lowest BCUT2D eigenvalue weighted by molar-refractivity contribution is 0.0698. The van der Waals surface area contributed by atoms with E-state index >= 15 is 0 Å². The van der Waals surface area contributed by atoms with Gasteiger partial charge in [-0.3, -0.25) is 0 Å². The number of hydrogen-bond donors (Lipinski definition) is 2. The topological polar surface area (TPSA) is 49.3 Å². The Morgan fingerprint density at radius 3 is 2.50 bits per heavy atom. The first-order valence-electron chi connectivity index (χ1n) is 5.64. The van der Waals surface area contributed by atoms with Crippen LogP contribution in [0.4, 0.5) is 20.2 Å². The summed E-state index contributed by atoms with van der Waals surface area (Å²) in [6.45, 7) is 1.65. The van der Waals surface area contributed by atoms with Gasteiger partial charge in [0, 0.05) is 5.69 Å². The highest BCUT2D eigenvalue weighted by Crippen LogP contribution is 2.28. The molecule has 0 radical (unpaired) electrons. The van der Waals surface area contributed by atoms with Crippen LogP contribution in [-0.2, 0) is 0 Å². The predicted molar refractivity (Wildman–Crippen MR) is 72.8 cm³/mol. The number of anilines is 2. The summed E-state index contributed by atoms with van der Waals surface area (Å²) in [7, 11) is 0. The van der Waals surface area contributed by atoms with Gasteiger partial charge >= 0.3 is 5.97 Å². The van der Waals surface area contributed by atoms with E-state index in [4.69, 9.17) is 16.7 Å². The second-order valence-corrected chi connectivity index (χ2v) is 4.61. The first-order chi connectivity index (χ1) is 9.38. The van der Waals surface area contributed by atoms with Gasteiger partial charge in [0.2, 0.25) is 0 Å². The summed E-state index contributed by atoms with van der Waals surface area (Å²) in [6, 6.07) is 5.98. The van der Waals surface area contributed by atoms with Crippen molar-refractivity contribution in [1.82, 2.24) is 0 Å². The van der Waals surface area contributed by atoms with Gasteiger partial charge in [-0.1, -0.05) is 11.6 Å². The molecular formula is C14H10ClF2NO2. The van der Waals surface area contributed by atoms with Crippen LogP contribution in [0.25, 0.3) is 0 Å². The van der Waals surface area contributed by atoms with Gasteiger partial charge < -0.3 is 10.4 Å². The Morgan fingerprint density at radius 1 is 1.20 bits per heavy atom. The number of benzene rings is 2. The zero-order chi connectivity index (χ0) is 14.9. The largest absolute Gasteiger partial charge is 0.478 e. The molecule has 0 aliphatic rings. The number of rotatable bonds is 3. The molecule has 0 saturated carbocycles. The molecule has 0 atom stereocenters. The van der Waals surface area contributed by atoms with Crippen molar-refractivity contribution in [3.63, 3.8) is 0 Å². The minimum atomic E-state index is -1.24. The minimum Gasteiger partial charge on any atom is -0.478 e. The third kappa shape index (κ3) is 2.88. The van der Waals surface area contributed by atoms with E-state index in [-0.39, 0.29) is 16.3 Å². The van der Waals surface area contributed by atoms with Gasteiger partial charge in [0.25, 0.3) is 0 Å². The summed E-state index contributed by atoms with van der Waals surface area (Å²) in [6.07, 6.45) is 0. The van der Waals surface area contributed by atoms with Crippen molar-refractivity contribution in [3.05, 3.63) is 58.1 Å². The van der Waals surface area contributed by atoms with Crippen molar-refractivity contribution < 1.29 is 18.7 Å². The van der Waals surface area contributed by atoms with E-state index in [1.807, 2.05) is 0 Å². The SMILES string of the molecule is Cc1cc(F)ccc1Nc1cc(F)c(Cl)cc1C(=O)O. The van der Waals surface area contributed by atoms with Gasteiger partial charge in [-0.25, -0.2) is 13.6 Å². The Bertz CT molecular complexity index is 689. The molecule has 2 aromatic rings. The molecule has 0 amide bonds. The van der Waals surface area contributed by atoms with Crippen LogP contribution in [0.3, 0.4) is 0 Å². The van der Waals surface area contributed by atoms with E-state index < -0.39 is 17.6 Å². The highest BCUT2D eigenvalue weighted by molar-refractivity contribution is 6.31. The molecule has 104 valence electrons. The molecule has 0 bridgehead atoms. The van der Waals surface area contributed by atoms with Gasteiger partial charge in [-0.15, -0.1) is 0 Å². The molecule has 0 fully saturated rings.